The number of amides is 1. The van der Waals surface area contributed by atoms with Gasteiger partial charge in [-0.3, -0.25) is 5.32 Å². The van der Waals surface area contributed by atoms with E-state index in [1.165, 1.54) is 14.2 Å². The first-order valence-electron chi connectivity index (χ1n) is 8.06. The topological polar surface area (TPSA) is 99.9 Å². The Bertz CT molecular complexity index is 995. The van der Waals surface area contributed by atoms with Crippen molar-refractivity contribution < 1.29 is 28.2 Å². The number of esters is 1. The number of carbonyl (C=O) groups excluding carboxylic acids is 2. The number of ether oxygens (including phenoxy) is 3. The standard InChI is InChI=1S/C19H18N2O6/c1-11-8-13(5-7-14(11)21-19(23)25-3)26-10-17-20-15-6-4-12(18(22)24-2)9-16(15)27-17/h4-9H,10H2,1-3H3,(H,21,23). The summed E-state index contributed by atoms with van der Waals surface area (Å²) in [4.78, 5) is 27.2. The van der Waals surface area contributed by atoms with Gasteiger partial charge in [0.2, 0.25) is 5.89 Å². The number of fused-ring (bicyclic) bond motifs is 1. The molecule has 0 saturated heterocycles. The average molecular weight is 370 g/mol. The highest BCUT2D eigenvalue weighted by molar-refractivity contribution is 5.93. The monoisotopic (exact) mass is 370 g/mol. The molecule has 1 amide bonds. The van der Waals surface area contributed by atoms with Crippen LogP contribution in [0.3, 0.4) is 0 Å². The van der Waals surface area contributed by atoms with E-state index in [1.54, 1.807) is 36.4 Å². The van der Waals surface area contributed by atoms with Crippen molar-refractivity contribution in [3.63, 3.8) is 0 Å². The summed E-state index contributed by atoms with van der Waals surface area (Å²) in [5, 5.41) is 2.61. The second kappa shape index (κ2) is 7.77. The molecule has 0 aliphatic rings. The van der Waals surface area contributed by atoms with Crippen LogP contribution in [0.15, 0.2) is 40.8 Å². The van der Waals surface area contributed by atoms with E-state index < -0.39 is 12.1 Å². The third kappa shape index (κ3) is 4.17. The number of nitrogens with one attached hydrogen (secondary N) is 1. The molecule has 0 aliphatic heterocycles. The molecule has 8 heteroatoms. The number of anilines is 1. The van der Waals surface area contributed by atoms with Crippen molar-refractivity contribution in [3.8, 4) is 5.75 Å². The zero-order chi connectivity index (χ0) is 19.4. The molecule has 8 nitrogen and oxygen atoms in total. The van der Waals surface area contributed by atoms with Gasteiger partial charge in [0, 0.05) is 5.69 Å². The molecule has 27 heavy (non-hydrogen) atoms. The molecule has 3 aromatic rings. The fourth-order valence-electron chi connectivity index (χ4n) is 2.45. The first-order valence-corrected chi connectivity index (χ1v) is 8.06. The number of aryl methyl sites for hydroxylation is 1. The molecule has 3 rings (SSSR count). The predicted octanol–water partition coefficient (Wildman–Crippen LogP) is 3.68. The molecule has 140 valence electrons. The molecule has 2 aromatic carbocycles. The van der Waals surface area contributed by atoms with Crippen LogP contribution in [0.2, 0.25) is 0 Å². The minimum atomic E-state index is -0.537. The fraction of sp³-hybridized carbons (Fsp3) is 0.211. The molecule has 0 spiro atoms. The van der Waals surface area contributed by atoms with Crippen molar-refractivity contribution in [2.75, 3.05) is 19.5 Å². The highest BCUT2D eigenvalue weighted by Gasteiger charge is 2.12. The normalized spacial score (nSPS) is 10.5. The summed E-state index contributed by atoms with van der Waals surface area (Å²) < 4.78 is 20.6. The molecule has 0 bridgehead atoms. The van der Waals surface area contributed by atoms with E-state index in [1.807, 2.05) is 6.92 Å². The van der Waals surface area contributed by atoms with E-state index >= 15 is 0 Å². The fourth-order valence-corrected chi connectivity index (χ4v) is 2.45. The number of hydrogen-bond acceptors (Lipinski definition) is 7. The molecule has 0 radical (unpaired) electrons. The van der Waals surface area contributed by atoms with Gasteiger partial charge < -0.3 is 18.6 Å². The number of nitrogens with zero attached hydrogens (tertiary/aromatic N) is 1. The van der Waals surface area contributed by atoms with Gasteiger partial charge >= 0.3 is 12.1 Å². The maximum Gasteiger partial charge on any atom is 0.411 e. The SMILES string of the molecule is COC(=O)Nc1ccc(OCc2nc3ccc(C(=O)OC)cc3o2)cc1C. The van der Waals surface area contributed by atoms with E-state index in [4.69, 9.17) is 9.15 Å². The molecule has 0 atom stereocenters. The van der Waals surface area contributed by atoms with Crippen LogP contribution in [0.25, 0.3) is 11.1 Å². The van der Waals surface area contributed by atoms with E-state index in [-0.39, 0.29) is 6.61 Å². The average Bonchev–Trinajstić information content (AvgIpc) is 3.09. The third-order valence-electron chi connectivity index (χ3n) is 3.84. The van der Waals surface area contributed by atoms with Gasteiger partial charge in [-0.2, -0.15) is 0 Å². The van der Waals surface area contributed by atoms with Crippen molar-refractivity contribution in [1.82, 2.24) is 4.98 Å². The first kappa shape index (κ1) is 18.2. The molecule has 0 unspecified atom stereocenters. The number of carbonyl (C=O) groups is 2. The van der Waals surface area contributed by atoms with Gasteiger partial charge in [-0.15, -0.1) is 0 Å². The van der Waals surface area contributed by atoms with Gasteiger partial charge in [-0.25, -0.2) is 14.6 Å². The van der Waals surface area contributed by atoms with E-state index in [2.05, 4.69) is 19.8 Å². The third-order valence-corrected chi connectivity index (χ3v) is 3.84. The Labute approximate surface area is 155 Å². The largest absolute Gasteiger partial charge is 0.484 e. The molecular weight excluding hydrogens is 352 g/mol. The molecule has 0 saturated carbocycles. The zero-order valence-electron chi connectivity index (χ0n) is 15.1. The maximum atomic E-state index is 11.6. The lowest BCUT2D eigenvalue weighted by atomic mass is 10.2. The van der Waals surface area contributed by atoms with Crippen LogP contribution in [-0.2, 0) is 16.1 Å². The van der Waals surface area contributed by atoms with Crippen LogP contribution >= 0.6 is 0 Å². The van der Waals surface area contributed by atoms with Crippen LogP contribution in [-0.4, -0.2) is 31.3 Å². The quantitative estimate of drug-likeness (QED) is 0.684. The Kier molecular flexibility index (Phi) is 5.25. The maximum absolute atomic E-state index is 11.6. The molecule has 0 aliphatic carbocycles. The summed E-state index contributed by atoms with van der Waals surface area (Å²) in [6, 6.07) is 10.1. The first-order chi connectivity index (χ1) is 13.0. The van der Waals surface area contributed by atoms with Crippen LogP contribution in [0.5, 0.6) is 5.75 Å². The minimum absolute atomic E-state index is 0.117. The summed E-state index contributed by atoms with van der Waals surface area (Å²) in [7, 11) is 2.62. The lowest BCUT2D eigenvalue weighted by Crippen LogP contribution is -2.11. The Hall–Kier alpha value is -3.55. The highest BCUT2D eigenvalue weighted by atomic mass is 16.5. The lowest BCUT2D eigenvalue weighted by molar-refractivity contribution is 0.0600. The smallest absolute Gasteiger partial charge is 0.411 e. The second-order valence-corrected chi connectivity index (χ2v) is 5.66. The van der Waals surface area contributed by atoms with Crippen molar-refractivity contribution in [2.24, 2.45) is 0 Å². The lowest BCUT2D eigenvalue weighted by Gasteiger charge is -2.09. The summed E-state index contributed by atoms with van der Waals surface area (Å²) in [6.45, 7) is 1.96. The molecule has 0 fully saturated rings. The van der Waals surface area contributed by atoms with Gasteiger partial charge in [-0.1, -0.05) is 0 Å². The van der Waals surface area contributed by atoms with Crippen molar-refractivity contribution in [1.29, 1.82) is 0 Å². The number of benzene rings is 2. The summed E-state index contributed by atoms with van der Waals surface area (Å²) in [5.41, 5.74) is 2.93. The van der Waals surface area contributed by atoms with Gasteiger partial charge in [-0.05, 0) is 48.9 Å². The van der Waals surface area contributed by atoms with E-state index in [0.717, 1.165) is 5.56 Å². The summed E-state index contributed by atoms with van der Waals surface area (Å²) in [5.74, 6) is 0.532. The van der Waals surface area contributed by atoms with Crippen molar-refractivity contribution in [3.05, 3.63) is 53.4 Å². The van der Waals surface area contributed by atoms with Crippen LogP contribution in [0.1, 0.15) is 21.8 Å². The number of rotatable bonds is 5. The molecule has 1 N–H and O–H groups in total. The Morgan fingerprint density at radius 1 is 1.11 bits per heavy atom. The number of aromatic nitrogens is 1. The van der Waals surface area contributed by atoms with Crippen LogP contribution < -0.4 is 10.1 Å². The number of hydrogen-bond donors (Lipinski definition) is 1. The Morgan fingerprint density at radius 3 is 2.63 bits per heavy atom. The zero-order valence-corrected chi connectivity index (χ0v) is 15.1. The Morgan fingerprint density at radius 2 is 1.93 bits per heavy atom. The molecule has 1 heterocycles. The van der Waals surface area contributed by atoms with Crippen molar-refractivity contribution >= 4 is 28.8 Å². The predicted molar refractivity (Wildman–Crippen MR) is 96.9 cm³/mol. The van der Waals surface area contributed by atoms with E-state index in [9.17, 15) is 9.59 Å². The van der Waals surface area contributed by atoms with Gasteiger partial charge in [0.15, 0.2) is 12.2 Å². The number of oxazole rings is 1. The van der Waals surface area contributed by atoms with Gasteiger partial charge in [0.1, 0.15) is 11.3 Å². The van der Waals surface area contributed by atoms with Gasteiger partial charge in [0.25, 0.3) is 0 Å². The van der Waals surface area contributed by atoms with E-state index in [0.29, 0.717) is 34.0 Å². The van der Waals surface area contributed by atoms with Crippen molar-refractivity contribution in [2.45, 2.75) is 13.5 Å². The van der Waals surface area contributed by atoms with Gasteiger partial charge in [0.05, 0.1) is 19.8 Å². The molecule has 1 aromatic heterocycles. The van der Waals surface area contributed by atoms with Crippen LogP contribution in [0.4, 0.5) is 10.5 Å². The summed E-state index contributed by atoms with van der Waals surface area (Å²) in [6.07, 6.45) is -0.537. The number of methoxy groups -OCH3 is 2. The van der Waals surface area contributed by atoms with Crippen LogP contribution in [0, 0.1) is 6.92 Å². The highest BCUT2D eigenvalue weighted by Crippen LogP contribution is 2.23. The summed E-state index contributed by atoms with van der Waals surface area (Å²) >= 11 is 0. The second-order valence-electron chi connectivity index (χ2n) is 5.66. The Balaban J connectivity index is 1.70. The molecular formula is C19H18N2O6. The minimum Gasteiger partial charge on any atom is -0.484 e.